The van der Waals surface area contributed by atoms with Gasteiger partial charge in [0.1, 0.15) is 5.75 Å². The number of hydrogen-bond donors (Lipinski definition) is 1. The summed E-state index contributed by atoms with van der Waals surface area (Å²) in [6.45, 7) is -0.0152. The van der Waals surface area contributed by atoms with Gasteiger partial charge in [0.15, 0.2) is 12.3 Å². The van der Waals surface area contributed by atoms with Gasteiger partial charge in [-0.25, -0.2) is 0 Å². The van der Waals surface area contributed by atoms with E-state index in [1.807, 2.05) is 30.3 Å². The Balaban J connectivity index is 1.62. The summed E-state index contributed by atoms with van der Waals surface area (Å²) in [6, 6.07) is 19.7. The molecule has 1 heterocycles. The molecule has 0 saturated heterocycles. The minimum atomic E-state index is -0.619. The fourth-order valence-electron chi connectivity index (χ4n) is 3.19. The van der Waals surface area contributed by atoms with E-state index in [9.17, 15) is 9.90 Å². The summed E-state index contributed by atoms with van der Waals surface area (Å²) < 4.78 is 7.86. The first-order chi connectivity index (χ1) is 15.4. The Labute approximate surface area is 202 Å². The molecular formula is C23H16BrCl2N3O3. The molecule has 4 rings (SSSR count). The quantitative estimate of drug-likeness (QED) is 0.268. The van der Waals surface area contributed by atoms with Gasteiger partial charge < -0.3 is 14.4 Å². The second kappa shape index (κ2) is 9.73. The molecular weight excluding hydrogens is 517 g/mol. The molecule has 0 spiro atoms. The average molecular weight is 533 g/mol. The minimum Gasteiger partial charge on any atom is -0.493 e. The van der Waals surface area contributed by atoms with E-state index in [4.69, 9.17) is 27.9 Å². The molecule has 3 aromatic carbocycles. The molecule has 0 radical (unpaired) electrons. The standard InChI is InChI=1S/C23H16BrCl2N3O3/c24-15-9-10-19-16(11-15)22(23(31)29(19)12-14-5-1-2-6-17(14)25)28-27-21(30)13-32-20-8-4-3-7-18(20)26/h1-11,31H,12-13H2. The summed E-state index contributed by atoms with van der Waals surface area (Å²) in [4.78, 5) is 12.2. The van der Waals surface area contributed by atoms with E-state index < -0.39 is 5.91 Å². The lowest BCUT2D eigenvalue weighted by Crippen LogP contribution is -2.08. The van der Waals surface area contributed by atoms with Crippen molar-refractivity contribution in [2.45, 2.75) is 6.54 Å². The molecule has 0 fully saturated rings. The summed E-state index contributed by atoms with van der Waals surface area (Å²) >= 11 is 15.8. The predicted octanol–water partition coefficient (Wildman–Crippen LogP) is 7.15. The summed E-state index contributed by atoms with van der Waals surface area (Å²) in [5, 5.41) is 20.3. The van der Waals surface area contributed by atoms with Gasteiger partial charge in [-0.05, 0) is 42.0 Å². The van der Waals surface area contributed by atoms with Crippen LogP contribution in [0.5, 0.6) is 11.6 Å². The maximum absolute atomic E-state index is 12.2. The first-order valence-electron chi connectivity index (χ1n) is 9.50. The van der Waals surface area contributed by atoms with E-state index in [2.05, 4.69) is 26.2 Å². The molecule has 1 amide bonds. The van der Waals surface area contributed by atoms with E-state index in [0.717, 1.165) is 15.6 Å². The van der Waals surface area contributed by atoms with Crippen LogP contribution in [-0.2, 0) is 11.3 Å². The van der Waals surface area contributed by atoms with E-state index in [0.29, 0.717) is 27.7 Å². The van der Waals surface area contributed by atoms with Crippen LogP contribution in [0.3, 0.4) is 0 Å². The number of carbonyl (C=O) groups is 1. The zero-order valence-corrected chi connectivity index (χ0v) is 19.6. The van der Waals surface area contributed by atoms with Crippen LogP contribution < -0.4 is 4.74 Å². The molecule has 0 aliphatic heterocycles. The molecule has 6 nitrogen and oxygen atoms in total. The van der Waals surface area contributed by atoms with Crippen molar-refractivity contribution in [2.75, 3.05) is 6.61 Å². The molecule has 1 aromatic heterocycles. The number of ether oxygens (including phenoxy) is 1. The third-order valence-corrected chi connectivity index (χ3v) is 5.88. The van der Waals surface area contributed by atoms with Crippen molar-refractivity contribution in [1.82, 2.24) is 4.57 Å². The van der Waals surface area contributed by atoms with Crippen LogP contribution in [0.15, 0.2) is 81.4 Å². The molecule has 32 heavy (non-hydrogen) atoms. The monoisotopic (exact) mass is 531 g/mol. The zero-order chi connectivity index (χ0) is 22.7. The largest absolute Gasteiger partial charge is 0.493 e. The van der Waals surface area contributed by atoms with Crippen LogP contribution in [0.1, 0.15) is 5.56 Å². The maximum atomic E-state index is 12.2. The third-order valence-electron chi connectivity index (χ3n) is 4.71. The number of para-hydroxylation sites is 1. The Kier molecular flexibility index (Phi) is 6.79. The molecule has 0 unspecified atom stereocenters. The van der Waals surface area contributed by atoms with Gasteiger partial charge >= 0.3 is 5.91 Å². The van der Waals surface area contributed by atoms with Gasteiger partial charge in [-0.1, -0.05) is 69.5 Å². The topological polar surface area (TPSA) is 76.2 Å². The first kappa shape index (κ1) is 22.3. The van der Waals surface area contributed by atoms with Gasteiger partial charge in [-0.3, -0.25) is 4.79 Å². The van der Waals surface area contributed by atoms with Crippen molar-refractivity contribution >= 4 is 61.6 Å². The molecule has 9 heteroatoms. The Bertz CT molecular complexity index is 1340. The molecule has 4 aromatic rings. The van der Waals surface area contributed by atoms with E-state index in [-0.39, 0.29) is 18.2 Å². The molecule has 162 valence electrons. The highest BCUT2D eigenvalue weighted by Gasteiger charge is 2.18. The summed E-state index contributed by atoms with van der Waals surface area (Å²) in [7, 11) is 0. The third kappa shape index (κ3) is 4.80. The fourth-order valence-corrected chi connectivity index (χ4v) is 3.93. The molecule has 0 aliphatic carbocycles. The average Bonchev–Trinajstić information content (AvgIpc) is 3.03. The summed E-state index contributed by atoms with van der Waals surface area (Å²) in [5.74, 6) is -0.367. The van der Waals surface area contributed by atoms with Crippen LogP contribution >= 0.6 is 39.1 Å². The molecule has 0 aliphatic rings. The van der Waals surface area contributed by atoms with Crippen LogP contribution in [0.2, 0.25) is 10.0 Å². The van der Waals surface area contributed by atoms with Crippen molar-refractivity contribution in [3.05, 3.63) is 86.8 Å². The van der Waals surface area contributed by atoms with Crippen molar-refractivity contribution in [1.29, 1.82) is 0 Å². The number of carbonyl (C=O) groups excluding carboxylic acids is 1. The lowest BCUT2D eigenvalue weighted by Gasteiger charge is -2.08. The number of azo groups is 1. The van der Waals surface area contributed by atoms with Gasteiger partial charge in [-0.2, -0.15) is 0 Å². The Hall–Kier alpha value is -2.87. The molecule has 1 N–H and O–H groups in total. The number of halogens is 3. The second-order valence-electron chi connectivity index (χ2n) is 6.82. The smallest absolute Gasteiger partial charge is 0.302 e. The van der Waals surface area contributed by atoms with Gasteiger partial charge in [-0.15, -0.1) is 10.2 Å². The SMILES string of the molecule is O=C(COc1ccccc1Cl)N=Nc1c(O)n(Cc2ccccc2Cl)c2ccc(Br)cc12. The number of benzene rings is 3. The highest BCUT2D eigenvalue weighted by atomic mass is 79.9. The number of nitrogens with zero attached hydrogens (tertiary/aromatic N) is 3. The minimum absolute atomic E-state index is 0.124. The Morgan fingerprint density at radius 1 is 1.03 bits per heavy atom. The number of aromatic nitrogens is 1. The number of hydrogen-bond acceptors (Lipinski definition) is 4. The highest BCUT2D eigenvalue weighted by molar-refractivity contribution is 9.10. The van der Waals surface area contributed by atoms with Gasteiger partial charge in [0.25, 0.3) is 0 Å². The molecule has 0 atom stereocenters. The van der Waals surface area contributed by atoms with Crippen molar-refractivity contribution < 1.29 is 14.6 Å². The Morgan fingerprint density at radius 2 is 1.75 bits per heavy atom. The Morgan fingerprint density at radius 3 is 2.50 bits per heavy atom. The van der Waals surface area contributed by atoms with Crippen LogP contribution in [0, 0.1) is 0 Å². The number of aromatic hydroxyl groups is 1. The summed E-state index contributed by atoms with van der Waals surface area (Å²) in [6.07, 6.45) is 0. The van der Waals surface area contributed by atoms with Gasteiger partial charge in [0, 0.05) is 14.9 Å². The molecule has 0 bridgehead atoms. The normalized spacial score (nSPS) is 11.3. The van der Waals surface area contributed by atoms with E-state index >= 15 is 0 Å². The molecule has 0 saturated carbocycles. The number of amides is 1. The number of rotatable bonds is 6. The van der Waals surface area contributed by atoms with Crippen LogP contribution in [-0.4, -0.2) is 22.2 Å². The van der Waals surface area contributed by atoms with E-state index in [1.165, 1.54) is 0 Å². The fraction of sp³-hybridized carbons (Fsp3) is 0.0870. The highest BCUT2D eigenvalue weighted by Crippen LogP contribution is 2.41. The predicted molar refractivity (Wildman–Crippen MR) is 128 cm³/mol. The summed E-state index contributed by atoms with van der Waals surface area (Å²) in [5.41, 5.74) is 1.73. The van der Waals surface area contributed by atoms with Crippen LogP contribution in [0.25, 0.3) is 10.9 Å². The second-order valence-corrected chi connectivity index (χ2v) is 8.55. The van der Waals surface area contributed by atoms with E-state index in [1.54, 1.807) is 41.0 Å². The van der Waals surface area contributed by atoms with Gasteiger partial charge in [0.2, 0.25) is 5.88 Å². The zero-order valence-electron chi connectivity index (χ0n) is 16.5. The number of fused-ring (bicyclic) bond motifs is 1. The van der Waals surface area contributed by atoms with Gasteiger partial charge in [0.05, 0.1) is 17.1 Å². The maximum Gasteiger partial charge on any atom is 0.302 e. The van der Waals surface area contributed by atoms with Crippen LogP contribution in [0.4, 0.5) is 5.69 Å². The van der Waals surface area contributed by atoms with Crippen molar-refractivity contribution in [2.24, 2.45) is 10.2 Å². The lowest BCUT2D eigenvalue weighted by atomic mass is 10.2. The lowest BCUT2D eigenvalue weighted by molar-refractivity contribution is -0.120. The first-order valence-corrected chi connectivity index (χ1v) is 11.0. The van der Waals surface area contributed by atoms with Crippen molar-refractivity contribution in [3.63, 3.8) is 0 Å². The van der Waals surface area contributed by atoms with Crippen molar-refractivity contribution in [3.8, 4) is 11.6 Å².